The molecule has 136 valence electrons. The first kappa shape index (κ1) is 16.3. The van der Waals surface area contributed by atoms with E-state index in [1.54, 1.807) is 0 Å². The molecule has 0 unspecified atom stereocenters. The van der Waals surface area contributed by atoms with Gasteiger partial charge in [-0.15, -0.1) is 0 Å². The van der Waals surface area contributed by atoms with Crippen molar-refractivity contribution < 1.29 is 9.15 Å². The molecule has 1 aliphatic carbocycles. The smallest absolute Gasteiger partial charge is 0.137 e. The van der Waals surface area contributed by atoms with Crippen molar-refractivity contribution in [3.63, 3.8) is 0 Å². The van der Waals surface area contributed by atoms with Crippen LogP contribution in [0.3, 0.4) is 0 Å². The summed E-state index contributed by atoms with van der Waals surface area (Å²) in [6, 6.07) is 16.6. The fourth-order valence-electron chi connectivity index (χ4n) is 3.93. The number of hydrogen-bond donors (Lipinski definition) is 1. The Morgan fingerprint density at radius 2 is 1.78 bits per heavy atom. The number of nitrogens with zero attached hydrogens (tertiary/aromatic N) is 1. The third kappa shape index (κ3) is 3.17. The summed E-state index contributed by atoms with van der Waals surface area (Å²) in [5.41, 5.74) is 7.88. The normalized spacial score (nSPS) is 20.2. The Morgan fingerprint density at radius 1 is 0.926 bits per heavy atom. The van der Waals surface area contributed by atoms with E-state index in [0.29, 0.717) is 6.04 Å². The van der Waals surface area contributed by atoms with E-state index in [4.69, 9.17) is 14.9 Å². The SMILES string of the molecule is NC1CCC(Oc2ccc3cncc(-c4cc5ccccc5o4)c3c2)CC1. The van der Waals surface area contributed by atoms with Gasteiger partial charge in [0.05, 0.1) is 6.10 Å². The van der Waals surface area contributed by atoms with Crippen LogP contribution in [-0.2, 0) is 0 Å². The zero-order chi connectivity index (χ0) is 18.2. The van der Waals surface area contributed by atoms with Gasteiger partial charge in [0.15, 0.2) is 0 Å². The second kappa shape index (κ2) is 6.71. The van der Waals surface area contributed by atoms with Gasteiger partial charge in [0.25, 0.3) is 0 Å². The Bertz CT molecular complexity index is 1060. The van der Waals surface area contributed by atoms with Crippen LogP contribution in [0.5, 0.6) is 5.75 Å². The Morgan fingerprint density at radius 3 is 2.63 bits per heavy atom. The minimum absolute atomic E-state index is 0.249. The maximum Gasteiger partial charge on any atom is 0.137 e. The second-order valence-electron chi connectivity index (χ2n) is 7.37. The predicted octanol–water partition coefficient (Wildman–Crippen LogP) is 5.30. The zero-order valence-corrected chi connectivity index (χ0v) is 15.1. The van der Waals surface area contributed by atoms with Gasteiger partial charge >= 0.3 is 0 Å². The molecule has 4 heteroatoms. The highest BCUT2D eigenvalue weighted by Gasteiger charge is 2.20. The lowest BCUT2D eigenvalue weighted by Crippen LogP contribution is -2.31. The van der Waals surface area contributed by atoms with Crippen molar-refractivity contribution >= 4 is 21.7 Å². The highest BCUT2D eigenvalue weighted by atomic mass is 16.5. The van der Waals surface area contributed by atoms with Crippen LogP contribution in [0.15, 0.2) is 65.3 Å². The van der Waals surface area contributed by atoms with Gasteiger partial charge in [0.1, 0.15) is 17.1 Å². The van der Waals surface area contributed by atoms with Crippen molar-refractivity contribution in [3.05, 3.63) is 60.9 Å². The molecule has 5 rings (SSSR count). The minimum atomic E-state index is 0.249. The molecule has 0 radical (unpaired) electrons. The minimum Gasteiger partial charge on any atom is -0.490 e. The number of para-hydroxylation sites is 1. The molecule has 1 aliphatic rings. The highest BCUT2D eigenvalue weighted by molar-refractivity contribution is 5.97. The van der Waals surface area contributed by atoms with E-state index in [1.807, 2.05) is 36.7 Å². The Kier molecular flexibility index (Phi) is 4.06. The molecular formula is C23H22N2O2. The number of pyridine rings is 1. The lowest BCUT2D eigenvalue weighted by atomic mass is 9.93. The van der Waals surface area contributed by atoms with Crippen molar-refractivity contribution in [1.82, 2.24) is 4.98 Å². The van der Waals surface area contributed by atoms with E-state index in [9.17, 15) is 0 Å². The summed E-state index contributed by atoms with van der Waals surface area (Å²) in [4.78, 5) is 4.40. The van der Waals surface area contributed by atoms with Crippen molar-refractivity contribution in [2.75, 3.05) is 0 Å². The van der Waals surface area contributed by atoms with E-state index in [1.165, 1.54) is 0 Å². The molecule has 2 aromatic carbocycles. The number of benzene rings is 2. The van der Waals surface area contributed by atoms with E-state index in [-0.39, 0.29) is 6.10 Å². The van der Waals surface area contributed by atoms with Gasteiger partial charge < -0.3 is 14.9 Å². The summed E-state index contributed by atoms with van der Waals surface area (Å²) >= 11 is 0. The molecule has 4 aromatic rings. The van der Waals surface area contributed by atoms with Crippen molar-refractivity contribution in [2.45, 2.75) is 37.8 Å². The van der Waals surface area contributed by atoms with Gasteiger partial charge in [-0.3, -0.25) is 4.98 Å². The Balaban J connectivity index is 1.52. The summed E-state index contributed by atoms with van der Waals surface area (Å²) in [7, 11) is 0. The van der Waals surface area contributed by atoms with Crippen LogP contribution in [0.4, 0.5) is 0 Å². The van der Waals surface area contributed by atoms with Gasteiger partial charge in [-0.1, -0.05) is 18.2 Å². The average Bonchev–Trinajstić information content (AvgIpc) is 3.13. The molecule has 0 bridgehead atoms. The first-order chi connectivity index (χ1) is 13.3. The third-order valence-corrected chi connectivity index (χ3v) is 5.44. The van der Waals surface area contributed by atoms with Gasteiger partial charge in [0, 0.05) is 34.8 Å². The number of aromatic nitrogens is 1. The third-order valence-electron chi connectivity index (χ3n) is 5.44. The van der Waals surface area contributed by atoms with Crippen LogP contribution in [0.1, 0.15) is 25.7 Å². The van der Waals surface area contributed by atoms with Gasteiger partial charge in [-0.05, 0) is 61.4 Å². The Labute approximate surface area is 158 Å². The van der Waals surface area contributed by atoms with Crippen LogP contribution < -0.4 is 10.5 Å². The molecule has 2 aromatic heterocycles. The van der Waals surface area contributed by atoms with Gasteiger partial charge in [-0.25, -0.2) is 0 Å². The molecule has 0 aliphatic heterocycles. The first-order valence-corrected chi connectivity index (χ1v) is 9.55. The van der Waals surface area contributed by atoms with E-state index in [0.717, 1.165) is 64.5 Å². The number of rotatable bonds is 3. The molecule has 27 heavy (non-hydrogen) atoms. The number of ether oxygens (including phenoxy) is 1. The molecule has 2 heterocycles. The van der Waals surface area contributed by atoms with Crippen LogP contribution in [0.25, 0.3) is 33.1 Å². The lowest BCUT2D eigenvalue weighted by Gasteiger charge is -2.26. The number of fused-ring (bicyclic) bond motifs is 2. The predicted molar refractivity (Wildman–Crippen MR) is 108 cm³/mol. The van der Waals surface area contributed by atoms with E-state index >= 15 is 0 Å². The molecule has 4 nitrogen and oxygen atoms in total. The monoisotopic (exact) mass is 358 g/mol. The summed E-state index contributed by atoms with van der Waals surface area (Å²) in [5.74, 6) is 1.72. The molecule has 1 saturated carbocycles. The lowest BCUT2D eigenvalue weighted by molar-refractivity contribution is 0.147. The molecule has 0 saturated heterocycles. The molecule has 1 fully saturated rings. The van der Waals surface area contributed by atoms with E-state index < -0.39 is 0 Å². The van der Waals surface area contributed by atoms with Gasteiger partial charge in [0.2, 0.25) is 0 Å². The standard InChI is InChI=1S/C23H22N2O2/c24-17-6-9-18(10-7-17)26-19-8-5-16-13-25-14-21(20(16)12-19)23-11-15-3-1-2-4-22(15)27-23/h1-5,8,11-14,17-18H,6-7,9-10,24H2. The maximum absolute atomic E-state index is 6.25. The zero-order valence-electron chi connectivity index (χ0n) is 15.1. The molecule has 0 amide bonds. The van der Waals surface area contributed by atoms with Crippen molar-refractivity contribution in [3.8, 4) is 17.1 Å². The first-order valence-electron chi connectivity index (χ1n) is 9.55. The second-order valence-corrected chi connectivity index (χ2v) is 7.37. The maximum atomic E-state index is 6.25. The van der Waals surface area contributed by atoms with Crippen molar-refractivity contribution in [1.29, 1.82) is 0 Å². The topological polar surface area (TPSA) is 61.3 Å². The van der Waals surface area contributed by atoms with Crippen molar-refractivity contribution in [2.24, 2.45) is 5.73 Å². The summed E-state index contributed by atoms with van der Waals surface area (Å²) < 4.78 is 12.3. The summed E-state index contributed by atoms with van der Waals surface area (Å²) in [6.07, 6.45) is 8.10. The van der Waals surface area contributed by atoms with Crippen LogP contribution in [0, 0.1) is 0 Å². The fourth-order valence-corrected chi connectivity index (χ4v) is 3.93. The van der Waals surface area contributed by atoms with Gasteiger partial charge in [-0.2, -0.15) is 0 Å². The van der Waals surface area contributed by atoms with Crippen LogP contribution in [0.2, 0.25) is 0 Å². The fraction of sp³-hybridized carbons (Fsp3) is 0.261. The highest BCUT2D eigenvalue weighted by Crippen LogP contribution is 2.34. The largest absolute Gasteiger partial charge is 0.490 e. The Hall–Kier alpha value is -2.85. The van der Waals surface area contributed by atoms with Crippen LogP contribution in [-0.4, -0.2) is 17.1 Å². The van der Waals surface area contributed by atoms with Crippen LogP contribution >= 0.6 is 0 Å². The quantitative estimate of drug-likeness (QED) is 0.540. The molecular weight excluding hydrogens is 336 g/mol. The molecule has 0 atom stereocenters. The summed E-state index contributed by atoms with van der Waals surface area (Å²) in [5, 5.41) is 3.26. The average molecular weight is 358 g/mol. The molecule has 2 N–H and O–H groups in total. The number of hydrogen-bond acceptors (Lipinski definition) is 4. The van der Waals surface area contributed by atoms with E-state index in [2.05, 4.69) is 29.2 Å². The number of nitrogens with two attached hydrogens (primary N) is 1. The summed E-state index contributed by atoms with van der Waals surface area (Å²) in [6.45, 7) is 0. The number of furan rings is 1. The molecule has 0 spiro atoms.